The molecule has 0 saturated carbocycles. The summed E-state index contributed by atoms with van der Waals surface area (Å²) in [5.41, 5.74) is 0.948. The zero-order chi connectivity index (χ0) is 14.5. The summed E-state index contributed by atoms with van der Waals surface area (Å²) in [6.07, 6.45) is 8.50. The first-order valence-corrected chi connectivity index (χ1v) is 7.12. The molecule has 1 aliphatic rings. The van der Waals surface area contributed by atoms with Gasteiger partial charge in [0.2, 0.25) is 5.95 Å². The van der Waals surface area contributed by atoms with Crippen molar-refractivity contribution in [3.05, 3.63) is 42.5 Å². The average Bonchev–Trinajstić information content (AvgIpc) is 2.57. The van der Waals surface area contributed by atoms with E-state index >= 15 is 0 Å². The third kappa shape index (κ3) is 3.34. The van der Waals surface area contributed by atoms with Gasteiger partial charge in [-0.15, -0.1) is 0 Å². The maximum Gasteiger partial charge on any atom is 0.274 e. The summed E-state index contributed by atoms with van der Waals surface area (Å²) >= 11 is 0. The molecule has 0 spiro atoms. The van der Waals surface area contributed by atoms with Crippen molar-refractivity contribution in [2.45, 2.75) is 19.3 Å². The lowest BCUT2D eigenvalue weighted by Gasteiger charge is -2.26. The fraction of sp³-hybridized carbons (Fsp3) is 0.333. The second kappa shape index (κ2) is 6.30. The van der Waals surface area contributed by atoms with Crippen LogP contribution in [0.2, 0.25) is 0 Å². The third-order valence-corrected chi connectivity index (χ3v) is 3.43. The minimum absolute atomic E-state index is 0.259. The molecule has 2 aromatic rings. The van der Waals surface area contributed by atoms with Crippen LogP contribution in [0, 0.1) is 0 Å². The van der Waals surface area contributed by atoms with E-state index in [0.717, 1.165) is 19.0 Å². The highest BCUT2D eigenvalue weighted by atomic mass is 16.1. The predicted molar refractivity (Wildman–Crippen MR) is 80.3 cm³/mol. The first kappa shape index (κ1) is 13.5. The van der Waals surface area contributed by atoms with Gasteiger partial charge in [0.15, 0.2) is 0 Å². The number of aromatic nitrogens is 3. The average molecular weight is 283 g/mol. The molecule has 3 heterocycles. The van der Waals surface area contributed by atoms with E-state index < -0.39 is 0 Å². The summed E-state index contributed by atoms with van der Waals surface area (Å²) in [6.45, 7) is 2.00. The molecule has 0 aromatic carbocycles. The molecular weight excluding hydrogens is 266 g/mol. The fourth-order valence-corrected chi connectivity index (χ4v) is 2.34. The summed E-state index contributed by atoms with van der Waals surface area (Å²) in [4.78, 5) is 26.8. The molecule has 108 valence electrons. The Bertz CT molecular complexity index is 593. The number of nitrogens with one attached hydrogen (secondary N) is 1. The van der Waals surface area contributed by atoms with E-state index in [1.165, 1.54) is 19.3 Å². The van der Waals surface area contributed by atoms with Gasteiger partial charge in [-0.1, -0.05) is 6.07 Å². The molecule has 0 unspecified atom stereocenters. The smallest absolute Gasteiger partial charge is 0.274 e. The topological polar surface area (TPSA) is 71.0 Å². The number of carbonyl (C=O) groups is 1. The normalized spacial score (nSPS) is 14.8. The van der Waals surface area contributed by atoms with E-state index in [1.54, 1.807) is 36.8 Å². The van der Waals surface area contributed by atoms with Gasteiger partial charge in [-0.2, -0.15) is 0 Å². The lowest BCUT2D eigenvalue weighted by atomic mass is 10.1. The molecule has 3 rings (SSSR count). The largest absolute Gasteiger partial charge is 0.341 e. The number of nitrogens with zero attached hydrogens (tertiary/aromatic N) is 4. The van der Waals surface area contributed by atoms with Crippen LogP contribution in [0.15, 0.2) is 36.8 Å². The SMILES string of the molecule is O=C(Nc1cnc(N2CCCCC2)nc1)c1ccccn1. The predicted octanol–water partition coefficient (Wildman–Crippen LogP) is 2.11. The van der Waals surface area contributed by atoms with Crippen molar-refractivity contribution in [1.29, 1.82) is 0 Å². The third-order valence-electron chi connectivity index (χ3n) is 3.43. The molecule has 1 aliphatic heterocycles. The molecule has 1 N–H and O–H groups in total. The number of rotatable bonds is 3. The molecule has 0 radical (unpaired) electrons. The van der Waals surface area contributed by atoms with Crippen LogP contribution >= 0.6 is 0 Å². The van der Waals surface area contributed by atoms with Crippen LogP contribution < -0.4 is 10.2 Å². The Balaban J connectivity index is 1.65. The highest BCUT2D eigenvalue weighted by Gasteiger charge is 2.13. The Labute approximate surface area is 123 Å². The molecular formula is C15H17N5O. The number of anilines is 2. The second-order valence-corrected chi connectivity index (χ2v) is 4.99. The van der Waals surface area contributed by atoms with E-state index in [1.807, 2.05) is 0 Å². The summed E-state index contributed by atoms with van der Waals surface area (Å²) in [5.74, 6) is 0.468. The fourth-order valence-electron chi connectivity index (χ4n) is 2.34. The molecule has 6 heteroatoms. The van der Waals surface area contributed by atoms with Gasteiger partial charge in [0.05, 0.1) is 18.1 Å². The molecule has 1 saturated heterocycles. The van der Waals surface area contributed by atoms with Crippen LogP contribution in [0.25, 0.3) is 0 Å². The summed E-state index contributed by atoms with van der Waals surface area (Å²) in [7, 11) is 0. The van der Waals surface area contributed by atoms with Gasteiger partial charge in [0.25, 0.3) is 5.91 Å². The molecule has 6 nitrogen and oxygen atoms in total. The van der Waals surface area contributed by atoms with Gasteiger partial charge >= 0.3 is 0 Å². The monoisotopic (exact) mass is 283 g/mol. The number of carbonyl (C=O) groups excluding carboxylic acids is 1. The van der Waals surface area contributed by atoms with Gasteiger partial charge in [-0.3, -0.25) is 9.78 Å². The van der Waals surface area contributed by atoms with E-state index in [0.29, 0.717) is 11.4 Å². The molecule has 21 heavy (non-hydrogen) atoms. The highest BCUT2D eigenvalue weighted by molar-refractivity contribution is 6.02. The first-order valence-electron chi connectivity index (χ1n) is 7.12. The minimum Gasteiger partial charge on any atom is -0.341 e. The Hall–Kier alpha value is -2.50. The standard InChI is InChI=1S/C15H17N5O/c21-14(13-6-2-3-7-16-13)19-12-10-17-15(18-11-12)20-8-4-1-5-9-20/h2-3,6-7,10-11H,1,4-5,8-9H2,(H,19,21). The van der Waals surface area contributed by atoms with Crippen molar-refractivity contribution < 1.29 is 4.79 Å². The number of amides is 1. The summed E-state index contributed by atoms with van der Waals surface area (Å²) < 4.78 is 0. The molecule has 2 aromatic heterocycles. The van der Waals surface area contributed by atoms with Crippen molar-refractivity contribution in [2.24, 2.45) is 0 Å². The van der Waals surface area contributed by atoms with Gasteiger partial charge in [-0.25, -0.2) is 9.97 Å². The number of hydrogen-bond donors (Lipinski definition) is 1. The Morgan fingerprint density at radius 3 is 2.48 bits per heavy atom. The van der Waals surface area contributed by atoms with E-state index in [2.05, 4.69) is 25.2 Å². The zero-order valence-corrected chi connectivity index (χ0v) is 11.7. The van der Waals surface area contributed by atoms with E-state index in [-0.39, 0.29) is 5.91 Å². The number of hydrogen-bond acceptors (Lipinski definition) is 5. The number of piperidine rings is 1. The van der Waals surface area contributed by atoms with Crippen LogP contribution in [0.4, 0.5) is 11.6 Å². The molecule has 1 amide bonds. The Morgan fingerprint density at radius 1 is 1.05 bits per heavy atom. The zero-order valence-electron chi connectivity index (χ0n) is 11.7. The molecule has 0 aliphatic carbocycles. The lowest BCUT2D eigenvalue weighted by molar-refractivity contribution is 0.102. The van der Waals surface area contributed by atoms with Crippen molar-refractivity contribution in [3.8, 4) is 0 Å². The van der Waals surface area contributed by atoms with Gasteiger partial charge in [0, 0.05) is 19.3 Å². The maximum absolute atomic E-state index is 12.0. The van der Waals surface area contributed by atoms with Crippen molar-refractivity contribution in [1.82, 2.24) is 15.0 Å². The molecule has 0 bridgehead atoms. The second-order valence-electron chi connectivity index (χ2n) is 4.99. The molecule has 0 atom stereocenters. The van der Waals surface area contributed by atoms with Crippen LogP contribution in [-0.2, 0) is 0 Å². The summed E-state index contributed by atoms with van der Waals surface area (Å²) in [5, 5.41) is 2.74. The van der Waals surface area contributed by atoms with Gasteiger partial charge in [0.1, 0.15) is 5.69 Å². The summed E-state index contributed by atoms with van der Waals surface area (Å²) in [6, 6.07) is 5.21. The number of pyridine rings is 1. The van der Waals surface area contributed by atoms with E-state index in [9.17, 15) is 4.79 Å². The van der Waals surface area contributed by atoms with Gasteiger partial charge < -0.3 is 10.2 Å². The lowest BCUT2D eigenvalue weighted by Crippen LogP contribution is -2.30. The van der Waals surface area contributed by atoms with Crippen molar-refractivity contribution in [3.63, 3.8) is 0 Å². The van der Waals surface area contributed by atoms with Gasteiger partial charge in [-0.05, 0) is 31.4 Å². The maximum atomic E-state index is 12.0. The Kier molecular flexibility index (Phi) is 4.04. The van der Waals surface area contributed by atoms with Crippen molar-refractivity contribution in [2.75, 3.05) is 23.3 Å². The van der Waals surface area contributed by atoms with E-state index in [4.69, 9.17) is 0 Å². The van der Waals surface area contributed by atoms with Crippen LogP contribution in [0.1, 0.15) is 29.8 Å². The highest BCUT2D eigenvalue weighted by Crippen LogP contribution is 2.16. The first-order chi connectivity index (χ1) is 10.3. The van der Waals surface area contributed by atoms with Crippen LogP contribution in [0.5, 0.6) is 0 Å². The molecule has 1 fully saturated rings. The minimum atomic E-state index is -0.259. The van der Waals surface area contributed by atoms with Crippen molar-refractivity contribution >= 4 is 17.5 Å². The quantitative estimate of drug-likeness (QED) is 0.934. The van der Waals surface area contributed by atoms with Crippen LogP contribution in [0.3, 0.4) is 0 Å². The van der Waals surface area contributed by atoms with Crippen LogP contribution in [-0.4, -0.2) is 33.9 Å². The Morgan fingerprint density at radius 2 is 1.81 bits per heavy atom.